The lowest BCUT2D eigenvalue weighted by Crippen LogP contribution is -2.01. The molecule has 5 heteroatoms. The van der Waals surface area contributed by atoms with Crippen LogP contribution in [0.2, 0.25) is 10.0 Å². The van der Waals surface area contributed by atoms with Gasteiger partial charge in [-0.25, -0.2) is 8.42 Å². The molecule has 0 saturated heterocycles. The molecule has 0 aliphatic heterocycles. The van der Waals surface area contributed by atoms with Crippen molar-refractivity contribution in [3.63, 3.8) is 0 Å². The highest BCUT2D eigenvalue weighted by molar-refractivity contribution is 7.91. The van der Waals surface area contributed by atoms with Crippen molar-refractivity contribution in [1.29, 1.82) is 0 Å². The number of hydrogen-bond acceptors (Lipinski definition) is 2. The number of rotatable bonds is 2. The summed E-state index contributed by atoms with van der Waals surface area (Å²) in [7, 11) is -3.55. The molecule has 0 atom stereocenters. The molecule has 0 aliphatic rings. The molecule has 0 fully saturated rings. The third kappa shape index (κ3) is 2.63. The third-order valence-electron chi connectivity index (χ3n) is 2.20. The van der Waals surface area contributed by atoms with Crippen LogP contribution in [0.4, 0.5) is 0 Å². The normalized spacial score (nSPS) is 11.4. The van der Waals surface area contributed by atoms with Crippen LogP contribution in [0.5, 0.6) is 0 Å². The quantitative estimate of drug-likeness (QED) is 0.841. The second-order valence-electron chi connectivity index (χ2n) is 3.42. The molecule has 0 unspecified atom stereocenters. The minimum atomic E-state index is -3.55. The van der Waals surface area contributed by atoms with Gasteiger partial charge in [0.25, 0.3) is 0 Å². The Bertz CT molecular complexity index is 617. The first kappa shape index (κ1) is 12.4. The fraction of sp³-hybridized carbons (Fsp3) is 0. The highest BCUT2D eigenvalue weighted by Crippen LogP contribution is 2.26. The average Bonchev–Trinajstić information content (AvgIpc) is 2.29. The zero-order valence-corrected chi connectivity index (χ0v) is 10.9. The molecule has 2 aromatic rings. The van der Waals surface area contributed by atoms with E-state index < -0.39 is 9.84 Å². The Labute approximate surface area is 110 Å². The number of halogens is 2. The van der Waals surface area contributed by atoms with Gasteiger partial charge < -0.3 is 0 Å². The van der Waals surface area contributed by atoms with Gasteiger partial charge in [0.05, 0.1) is 9.79 Å². The Morgan fingerprint density at radius 3 is 1.82 bits per heavy atom. The van der Waals surface area contributed by atoms with Crippen molar-refractivity contribution in [2.24, 2.45) is 0 Å². The number of benzene rings is 2. The third-order valence-corrected chi connectivity index (χ3v) is 4.39. The van der Waals surface area contributed by atoms with E-state index in [2.05, 4.69) is 0 Å². The smallest absolute Gasteiger partial charge is 0.206 e. The maximum Gasteiger partial charge on any atom is 0.206 e. The molecule has 2 rings (SSSR count). The van der Waals surface area contributed by atoms with Gasteiger partial charge in [0.1, 0.15) is 0 Å². The van der Waals surface area contributed by atoms with Crippen LogP contribution in [0.3, 0.4) is 0 Å². The molecule has 0 bridgehead atoms. The minimum absolute atomic E-state index is 0.0983. The molecule has 0 N–H and O–H groups in total. The number of hydrogen-bond donors (Lipinski definition) is 0. The van der Waals surface area contributed by atoms with E-state index in [-0.39, 0.29) is 9.79 Å². The molecular weight excluding hydrogens is 279 g/mol. The SMILES string of the molecule is O=S(=O)(c1ccccc1)c1cc(Cl)cc(Cl)c1. The Morgan fingerprint density at radius 1 is 0.765 bits per heavy atom. The van der Waals surface area contributed by atoms with Crippen molar-refractivity contribution >= 4 is 33.0 Å². The van der Waals surface area contributed by atoms with Gasteiger partial charge in [-0.2, -0.15) is 0 Å². The van der Waals surface area contributed by atoms with Gasteiger partial charge in [-0.05, 0) is 30.3 Å². The summed E-state index contributed by atoms with van der Waals surface area (Å²) in [5.74, 6) is 0. The van der Waals surface area contributed by atoms with Crippen LogP contribution >= 0.6 is 23.2 Å². The molecule has 2 nitrogen and oxygen atoms in total. The second-order valence-corrected chi connectivity index (χ2v) is 6.24. The molecule has 0 amide bonds. The van der Waals surface area contributed by atoms with E-state index in [0.29, 0.717) is 10.0 Å². The van der Waals surface area contributed by atoms with Crippen molar-refractivity contribution in [1.82, 2.24) is 0 Å². The Morgan fingerprint density at radius 2 is 1.29 bits per heavy atom. The van der Waals surface area contributed by atoms with E-state index >= 15 is 0 Å². The summed E-state index contributed by atoms with van der Waals surface area (Å²) in [5, 5.41) is 0.596. The average molecular weight is 287 g/mol. The molecule has 0 spiro atoms. The summed E-state index contributed by atoms with van der Waals surface area (Å²) in [6.07, 6.45) is 0. The first-order chi connectivity index (χ1) is 8.00. The predicted octanol–water partition coefficient (Wildman–Crippen LogP) is 3.83. The van der Waals surface area contributed by atoms with E-state index in [1.54, 1.807) is 18.2 Å². The first-order valence-electron chi connectivity index (χ1n) is 4.76. The molecule has 0 aliphatic carbocycles. The topological polar surface area (TPSA) is 34.1 Å². The fourth-order valence-electron chi connectivity index (χ4n) is 1.42. The second kappa shape index (κ2) is 4.69. The van der Waals surface area contributed by atoms with Crippen molar-refractivity contribution in [3.05, 3.63) is 58.6 Å². The van der Waals surface area contributed by atoms with E-state index in [4.69, 9.17) is 23.2 Å². The van der Waals surface area contributed by atoms with Crippen molar-refractivity contribution < 1.29 is 8.42 Å². The van der Waals surface area contributed by atoms with Crippen molar-refractivity contribution in [2.75, 3.05) is 0 Å². The van der Waals surface area contributed by atoms with E-state index in [1.165, 1.54) is 30.3 Å². The van der Waals surface area contributed by atoms with Crippen LogP contribution in [0, 0.1) is 0 Å². The lowest BCUT2D eigenvalue weighted by Gasteiger charge is -2.05. The van der Waals surface area contributed by atoms with Crippen LogP contribution in [-0.4, -0.2) is 8.42 Å². The summed E-state index contributed by atoms with van der Waals surface area (Å²) < 4.78 is 24.4. The minimum Gasteiger partial charge on any atom is -0.219 e. The zero-order valence-electron chi connectivity index (χ0n) is 8.60. The van der Waals surface area contributed by atoms with Crippen LogP contribution in [0.1, 0.15) is 0 Å². The van der Waals surface area contributed by atoms with Gasteiger partial charge in [0.2, 0.25) is 9.84 Å². The standard InChI is InChI=1S/C12H8Cl2O2S/c13-9-6-10(14)8-12(7-9)17(15,16)11-4-2-1-3-5-11/h1-8H. The van der Waals surface area contributed by atoms with E-state index in [0.717, 1.165) is 0 Å². The van der Waals surface area contributed by atoms with Crippen molar-refractivity contribution in [2.45, 2.75) is 9.79 Å². The molecule has 88 valence electrons. The summed E-state index contributed by atoms with van der Waals surface area (Å²) >= 11 is 11.6. The molecule has 0 heterocycles. The lowest BCUT2D eigenvalue weighted by atomic mass is 10.4. The van der Waals surface area contributed by atoms with Crippen LogP contribution in [0.25, 0.3) is 0 Å². The van der Waals surface area contributed by atoms with Crippen LogP contribution in [0.15, 0.2) is 58.3 Å². The Hall–Kier alpha value is -1.03. The van der Waals surface area contributed by atoms with Gasteiger partial charge in [0, 0.05) is 10.0 Å². The molecule has 0 saturated carbocycles. The summed E-state index contributed by atoms with van der Waals surface area (Å²) in [6, 6.07) is 12.4. The van der Waals surface area contributed by atoms with Gasteiger partial charge in [-0.3, -0.25) is 0 Å². The molecule has 2 aromatic carbocycles. The molecule has 17 heavy (non-hydrogen) atoms. The number of sulfone groups is 1. The van der Waals surface area contributed by atoms with Crippen molar-refractivity contribution in [3.8, 4) is 0 Å². The first-order valence-corrected chi connectivity index (χ1v) is 7.00. The zero-order chi connectivity index (χ0) is 12.5. The molecule has 0 aromatic heterocycles. The van der Waals surface area contributed by atoms with E-state index in [9.17, 15) is 8.42 Å². The van der Waals surface area contributed by atoms with E-state index in [1.807, 2.05) is 0 Å². The maximum atomic E-state index is 12.2. The summed E-state index contributed by atoms with van der Waals surface area (Å²) in [6.45, 7) is 0. The maximum absolute atomic E-state index is 12.2. The monoisotopic (exact) mass is 286 g/mol. The molecule has 0 radical (unpaired) electrons. The largest absolute Gasteiger partial charge is 0.219 e. The molecular formula is C12H8Cl2O2S. The summed E-state index contributed by atoms with van der Waals surface area (Å²) in [4.78, 5) is 0.319. The van der Waals surface area contributed by atoms with Gasteiger partial charge >= 0.3 is 0 Å². The van der Waals surface area contributed by atoms with Gasteiger partial charge in [-0.1, -0.05) is 41.4 Å². The van der Waals surface area contributed by atoms with Gasteiger partial charge in [-0.15, -0.1) is 0 Å². The predicted molar refractivity (Wildman–Crippen MR) is 68.4 cm³/mol. The lowest BCUT2D eigenvalue weighted by molar-refractivity contribution is 0.596. The Kier molecular flexibility index (Phi) is 3.43. The highest BCUT2D eigenvalue weighted by atomic mass is 35.5. The van der Waals surface area contributed by atoms with Crippen LogP contribution < -0.4 is 0 Å². The highest BCUT2D eigenvalue weighted by Gasteiger charge is 2.18. The van der Waals surface area contributed by atoms with Gasteiger partial charge in [0.15, 0.2) is 0 Å². The van der Waals surface area contributed by atoms with Crippen LogP contribution in [-0.2, 0) is 9.84 Å². The fourth-order valence-corrected chi connectivity index (χ4v) is 3.43. The summed E-state index contributed by atoms with van der Waals surface area (Å²) in [5.41, 5.74) is 0. The Balaban J connectivity index is 2.60.